The Morgan fingerprint density at radius 1 is 1.33 bits per heavy atom. The molecule has 8 nitrogen and oxygen atoms in total. The van der Waals surface area contributed by atoms with Crippen molar-refractivity contribution in [3.63, 3.8) is 0 Å². The van der Waals surface area contributed by atoms with Crippen LogP contribution in [0.15, 0.2) is 18.9 Å². The van der Waals surface area contributed by atoms with Crippen LogP contribution in [0.2, 0.25) is 0 Å². The zero-order valence-corrected chi connectivity index (χ0v) is 7.49. The fourth-order valence-corrected chi connectivity index (χ4v) is 1.32. The van der Waals surface area contributed by atoms with E-state index in [0.29, 0.717) is 22.8 Å². The number of anilines is 1. The lowest BCUT2D eigenvalue weighted by Crippen LogP contribution is -2.00. The molecule has 0 aliphatic rings. The summed E-state index contributed by atoms with van der Waals surface area (Å²) in [6.07, 6.45) is 4.44. The topological polar surface area (TPSA) is 111 Å². The first-order valence-corrected chi connectivity index (χ1v) is 4.17. The van der Waals surface area contributed by atoms with Gasteiger partial charge in [-0.15, -0.1) is 10.2 Å². The van der Waals surface area contributed by atoms with E-state index in [1.807, 2.05) is 0 Å². The van der Waals surface area contributed by atoms with E-state index < -0.39 is 0 Å². The molecule has 3 heterocycles. The smallest absolute Gasteiger partial charge is 0.251 e. The number of hydrogen-bond acceptors (Lipinski definition) is 6. The number of nitrogens with two attached hydrogens (primary N) is 1. The van der Waals surface area contributed by atoms with Gasteiger partial charge in [-0.2, -0.15) is 9.78 Å². The summed E-state index contributed by atoms with van der Waals surface area (Å²) in [6.45, 7) is 0. The average Bonchev–Trinajstić information content (AvgIpc) is 2.85. The second kappa shape index (κ2) is 2.74. The van der Waals surface area contributed by atoms with Crippen LogP contribution in [0.1, 0.15) is 0 Å². The Bertz CT molecular complexity index is 595. The number of nitrogen functional groups attached to an aromatic ring is 1. The van der Waals surface area contributed by atoms with Crippen molar-refractivity contribution in [1.29, 1.82) is 0 Å². The van der Waals surface area contributed by atoms with Gasteiger partial charge in [0.25, 0.3) is 5.95 Å². The molecule has 0 radical (unpaired) electrons. The zero-order chi connectivity index (χ0) is 10.3. The van der Waals surface area contributed by atoms with Crippen LogP contribution in [0.3, 0.4) is 0 Å². The van der Waals surface area contributed by atoms with Gasteiger partial charge in [0.2, 0.25) is 0 Å². The molecule has 0 aliphatic heterocycles. The van der Waals surface area contributed by atoms with Crippen molar-refractivity contribution in [2.75, 3.05) is 5.73 Å². The molecule has 0 spiro atoms. The number of rotatable bonds is 1. The lowest BCUT2D eigenvalue weighted by Gasteiger charge is -1.96. The Morgan fingerprint density at radius 3 is 3.07 bits per heavy atom. The molecule has 3 aromatic heterocycles. The fraction of sp³-hybridized carbons (Fsp3) is 0. The molecule has 0 amide bonds. The summed E-state index contributed by atoms with van der Waals surface area (Å²) in [5, 5.41) is 12.3. The molecule has 3 rings (SSSR count). The van der Waals surface area contributed by atoms with Crippen LogP contribution < -0.4 is 5.73 Å². The lowest BCUT2D eigenvalue weighted by molar-refractivity contribution is 0.827. The van der Waals surface area contributed by atoms with Crippen LogP contribution >= 0.6 is 0 Å². The maximum Gasteiger partial charge on any atom is 0.251 e. The standard InChI is InChI=1S/C7H6N8/c8-5-4-1-13-15(6(4)10-2-9-5)7-11-3-12-14-7/h1-3H,(H2,8,9,10)(H,11,12,14). The van der Waals surface area contributed by atoms with Gasteiger partial charge >= 0.3 is 0 Å². The van der Waals surface area contributed by atoms with Crippen molar-refractivity contribution in [1.82, 2.24) is 34.9 Å². The minimum absolute atomic E-state index is 0.394. The van der Waals surface area contributed by atoms with Gasteiger partial charge in [-0.05, 0) is 0 Å². The average molecular weight is 202 g/mol. The summed E-state index contributed by atoms with van der Waals surface area (Å²) in [5.74, 6) is 0.883. The van der Waals surface area contributed by atoms with E-state index in [9.17, 15) is 0 Å². The van der Waals surface area contributed by atoms with Crippen molar-refractivity contribution < 1.29 is 0 Å². The largest absolute Gasteiger partial charge is 0.383 e. The molecular formula is C7H6N8. The molecule has 0 atom stereocenters. The van der Waals surface area contributed by atoms with E-state index in [4.69, 9.17) is 5.73 Å². The molecule has 0 fully saturated rings. The Labute approximate surface area is 83.2 Å². The number of hydrogen-bond donors (Lipinski definition) is 2. The van der Waals surface area contributed by atoms with Crippen LogP contribution in [-0.2, 0) is 0 Å². The second-order valence-corrected chi connectivity index (χ2v) is 2.87. The summed E-state index contributed by atoms with van der Waals surface area (Å²) in [5.41, 5.74) is 6.27. The Hall–Kier alpha value is -2.51. The molecule has 0 saturated carbocycles. The van der Waals surface area contributed by atoms with Crippen LogP contribution in [0.25, 0.3) is 17.0 Å². The number of aromatic amines is 1. The third-order valence-corrected chi connectivity index (χ3v) is 2.00. The summed E-state index contributed by atoms with van der Waals surface area (Å²) >= 11 is 0. The first-order valence-electron chi connectivity index (χ1n) is 4.17. The Balaban J connectivity index is 2.34. The number of fused-ring (bicyclic) bond motifs is 1. The third-order valence-electron chi connectivity index (χ3n) is 2.00. The molecule has 0 bridgehead atoms. The van der Waals surface area contributed by atoms with Crippen molar-refractivity contribution in [2.24, 2.45) is 0 Å². The van der Waals surface area contributed by atoms with E-state index in [-0.39, 0.29) is 0 Å². The molecule has 0 aromatic carbocycles. The number of aromatic nitrogens is 7. The quantitative estimate of drug-likeness (QED) is 0.551. The summed E-state index contributed by atoms with van der Waals surface area (Å²) in [6, 6.07) is 0. The highest BCUT2D eigenvalue weighted by atomic mass is 15.4. The second-order valence-electron chi connectivity index (χ2n) is 2.87. The third kappa shape index (κ3) is 1.04. The number of H-pyrrole nitrogens is 1. The van der Waals surface area contributed by atoms with E-state index >= 15 is 0 Å². The highest BCUT2D eigenvalue weighted by Gasteiger charge is 2.10. The molecular weight excluding hydrogens is 196 g/mol. The predicted octanol–water partition coefficient (Wildman–Crippen LogP) is -0.484. The van der Waals surface area contributed by atoms with E-state index in [1.165, 1.54) is 17.3 Å². The minimum atomic E-state index is 0.394. The van der Waals surface area contributed by atoms with Crippen LogP contribution in [0.4, 0.5) is 5.82 Å². The molecule has 8 heteroatoms. The maximum atomic E-state index is 5.67. The van der Waals surface area contributed by atoms with Crippen molar-refractivity contribution in [3.8, 4) is 5.95 Å². The number of nitrogens with one attached hydrogen (secondary N) is 1. The monoisotopic (exact) mass is 202 g/mol. The van der Waals surface area contributed by atoms with Gasteiger partial charge in [-0.1, -0.05) is 0 Å². The molecule has 3 aromatic rings. The molecule has 3 N–H and O–H groups in total. The minimum Gasteiger partial charge on any atom is -0.383 e. The highest BCUT2D eigenvalue weighted by Crippen LogP contribution is 2.16. The number of nitrogens with zero attached hydrogens (tertiary/aromatic N) is 6. The lowest BCUT2D eigenvalue weighted by atomic mass is 10.4. The summed E-state index contributed by atoms with van der Waals surface area (Å²) < 4.78 is 1.51. The zero-order valence-electron chi connectivity index (χ0n) is 7.49. The van der Waals surface area contributed by atoms with Gasteiger partial charge in [0, 0.05) is 0 Å². The van der Waals surface area contributed by atoms with Crippen molar-refractivity contribution in [2.45, 2.75) is 0 Å². The molecule has 0 aliphatic carbocycles. The van der Waals surface area contributed by atoms with Gasteiger partial charge in [0.15, 0.2) is 5.65 Å². The van der Waals surface area contributed by atoms with Crippen LogP contribution in [0, 0.1) is 0 Å². The summed E-state index contributed by atoms with van der Waals surface area (Å²) in [7, 11) is 0. The van der Waals surface area contributed by atoms with Crippen molar-refractivity contribution >= 4 is 16.9 Å². The normalized spacial score (nSPS) is 10.9. The molecule has 15 heavy (non-hydrogen) atoms. The fourth-order valence-electron chi connectivity index (χ4n) is 1.32. The first kappa shape index (κ1) is 7.85. The Morgan fingerprint density at radius 2 is 2.27 bits per heavy atom. The molecule has 0 unspecified atom stereocenters. The Kier molecular flexibility index (Phi) is 1.43. The highest BCUT2D eigenvalue weighted by molar-refractivity contribution is 5.85. The van der Waals surface area contributed by atoms with Gasteiger partial charge < -0.3 is 10.7 Å². The van der Waals surface area contributed by atoms with Gasteiger partial charge in [0.1, 0.15) is 18.5 Å². The SMILES string of the molecule is Nc1ncnc2c1cnn2-c1nnc[nH]1. The van der Waals surface area contributed by atoms with Crippen LogP contribution in [0.5, 0.6) is 0 Å². The van der Waals surface area contributed by atoms with E-state index in [1.54, 1.807) is 6.20 Å². The predicted molar refractivity (Wildman–Crippen MR) is 51.0 cm³/mol. The summed E-state index contributed by atoms with van der Waals surface area (Å²) in [4.78, 5) is 10.8. The first-order chi connectivity index (χ1) is 7.36. The van der Waals surface area contributed by atoms with Gasteiger partial charge in [-0.25, -0.2) is 9.97 Å². The van der Waals surface area contributed by atoms with E-state index in [2.05, 4.69) is 30.2 Å². The van der Waals surface area contributed by atoms with Gasteiger partial charge in [0.05, 0.1) is 11.6 Å². The van der Waals surface area contributed by atoms with Crippen molar-refractivity contribution in [3.05, 3.63) is 18.9 Å². The molecule has 0 saturated heterocycles. The van der Waals surface area contributed by atoms with E-state index in [0.717, 1.165) is 0 Å². The molecule has 74 valence electrons. The van der Waals surface area contributed by atoms with Crippen LogP contribution in [-0.4, -0.2) is 34.9 Å². The van der Waals surface area contributed by atoms with Gasteiger partial charge in [-0.3, -0.25) is 0 Å². The maximum absolute atomic E-state index is 5.67.